The van der Waals surface area contributed by atoms with Crippen molar-refractivity contribution in [2.45, 2.75) is 4.90 Å². The Balaban J connectivity index is 2.88. The van der Waals surface area contributed by atoms with E-state index in [2.05, 4.69) is 4.18 Å². The molecule has 1 aromatic carbocycles. The van der Waals surface area contributed by atoms with Crippen LogP contribution in [0.1, 0.15) is 0 Å². The van der Waals surface area contributed by atoms with Crippen LogP contribution >= 0.6 is 23.4 Å². The van der Waals surface area contributed by atoms with Crippen molar-refractivity contribution in [1.82, 2.24) is 0 Å². The molecular formula is C8H7ClO4S2. The smallest absolute Gasteiger partial charge is 0.306 e. The van der Waals surface area contributed by atoms with Gasteiger partial charge in [-0.15, -0.1) is 0 Å². The van der Waals surface area contributed by atoms with Gasteiger partial charge in [-0.2, -0.15) is 8.42 Å². The van der Waals surface area contributed by atoms with Crippen LogP contribution in [0.25, 0.3) is 0 Å². The molecule has 1 aromatic rings. The molecule has 0 heterocycles. The van der Waals surface area contributed by atoms with Crippen LogP contribution in [0.4, 0.5) is 4.79 Å². The van der Waals surface area contributed by atoms with Gasteiger partial charge in [0.05, 0.1) is 6.26 Å². The predicted octanol–water partition coefficient (Wildman–Crippen LogP) is 2.48. The lowest BCUT2D eigenvalue weighted by Gasteiger charge is -2.03. The number of hydrogen-bond donors (Lipinski definition) is 0. The highest BCUT2D eigenvalue weighted by Gasteiger charge is 2.06. The summed E-state index contributed by atoms with van der Waals surface area (Å²) < 4.78 is 25.7. The second-order valence-electron chi connectivity index (χ2n) is 2.60. The zero-order valence-electron chi connectivity index (χ0n) is 7.64. The second kappa shape index (κ2) is 4.87. The van der Waals surface area contributed by atoms with Crippen LogP contribution in [0.5, 0.6) is 5.75 Å². The van der Waals surface area contributed by atoms with Crippen molar-refractivity contribution in [2.24, 2.45) is 0 Å². The predicted molar refractivity (Wildman–Crippen MR) is 59.0 cm³/mol. The fourth-order valence-electron chi connectivity index (χ4n) is 0.857. The summed E-state index contributed by atoms with van der Waals surface area (Å²) >= 11 is 5.95. The Labute approximate surface area is 96.7 Å². The summed E-state index contributed by atoms with van der Waals surface area (Å²) in [6.45, 7) is 0. The van der Waals surface area contributed by atoms with Crippen molar-refractivity contribution < 1.29 is 17.4 Å². The number of benzene rings is 1. The summed E-state index contributed by atoms with van der Waals surface area (Å²) in [6, 6.07) is 6.10. The van der Waals surface area contributed by atoms with Crippen LogP contribution < -0.4 is 4.18 Å². The Hall–Kier alpha value is -0.720. The van der Waals surface area contributed by atoms with Gasteiger partial charge in [-0.25, -0.2) is 0 Å². The van der Waals surface area contributed by atoms with Crippen molar-refractivity contribution >= 4 is 38.1 Å². The molecule has 0 saturated heterocycles. The van der Waals surface area contributed by atoms with Crippen LogP contribution in [0.2, 0.25) is 0 Å². The SMILES string of the molecule is CS(=O)(=O)Oc1cccc(SC(=O)Cl)c1. The van der Waals surface area contributed by atoms with Crippen molar-refractivity contribution in [3.05, 3.63) is 24.3 Å². The molecule has 82 valence electrons. The zero-order chi connectivity index (χ0) is 11.5. The van der Waals surface area contributed by atoms with Gasteiger partial charge in [-0.1, -0.05) is 6.07 Å². The number of hydrogen-bond acceptors (Lipinski definition) is 5. The Morgan fingerprint density at radius 3 is 2.67 bits per heavy atom. The van der Waals surface area contributed by atoms with E-state index in [1.807, 2.05) is 0 Å². The molecule has 0 N–H and O–H groups in total. The molecule has 0 spiro atoms. The third-order valence-electron chi connectivity index (χ3n) is 1.25. The van der Waals surface area contributed by atoms with Gasteiger partial charge in [-0.05, 0) is 41.6 Å². The Bertz CT molecular complexity index is 469. The molecule has 0 bridgehead atoms. The first-order chi connectivity index (χ1) is 6.87. The van der Waals surface area contributed by atoms with E-state index in [0.717, 1.165) is 18.0 Å². The first-order valence-corrected chi connectivity index (χ1v) is 6.75. The minimum absolute atomic E-state index is 0.153. The van der Waals surface area contributed by atoms with Crippen LogP contribution in [0, 0.1) is 0 Å². The highest BCUT2D eigenvalue weighted by molar-refractivity contribution is 8.16. The Morgan fingerprint density at radius 2 is 2.13 bits per heavy atom. The Morgan fingerprint density at radius 1 is 1.47 bits per heavy atom. The monoisotopic (exact) mass is 266 g/mol. The van der Waals surface area contributed by atoms with Gasteiger partial charge < -0.3 is 4.18 Å². The van der Waals surface area contributed by atoms with Crippen LogP contribution in [-0.2, 0) is 10.1 Å². The van der Waals surface area contributed by atoms with E-state index in [-0.39, 0.29) is 5.75 Å². The molecule has 15 heavy (non-hydrogen) atoms. The van der Waals surface area contributed by atoms with E-state index in [9.17, 15) is 13.2 Å². The number of halogens is 1. The number of rotatable bonds is 3. The molecule has 1 rings (SSSR count). The first-order valence-electron chi connectivity index (χ1n) is 3.74. The van der Waals surface area contributed by atoms with E-state index in [4.69, 9.17) is 11.6 Å². The van der Waals surface area contributed by atoms with E-state index in [1.54, 1.807) is 12.1 Å². The molecule has 4 nitrogen and oxygen atoms in total. The maximum absolute atomic E-state index is 10.8. The molecular weight excluding hydrogens is 260 g/mol. The maximum atomic E-state index is 10.8. The van der Waals surface area contributed by atoms with Gasteiger partial charge in [0.15, 0.2) is 0 Å². The largest absolute Gasteiger partial charge is 0.383 e. The minimum Gasteiger partial charge on any atom is -0.383 e. The van der Waals surface area contributed by atoms with E-state index >= 15 is 0 Å². The summed E-state index contributed by atoms with van der Waals surface area (Å²) in [5, 5.41) is 0. The molecule has 0 aliphatic carbocycles. The zero-order valence-corrected chi connectivity index (χ0v) is 10.0. The highest BCUT2D eigenvalue weighted by Crippen LogP contribution is 2.25. The van der Waals surface area contributed by atoms with Gasteiger partial charge in [0.25, 0.3) is 4.57 Å². The highest BCUT2D eigenvalue weighted by atomic mass is 35.5. The lowest BCUT2D eigenvalue weighted by atomic mass is 10.3. The fourth-order valence-corrected chi connectivity index (χ4v) is 2.08. The molecule has 0 aliphatic heterocycles. The first kappa shape index (κ1) is 12.4. The van der Waals surface area contributed by atoms with Crippen molar-refractivity contribution in [1.29, 1.82) is 0 Å². The lowest BCUT2D eigenvalue weighted by molar-refractivity contribution is 0.276. The molecule has 0 amide bonds. The van der Waals surface area contributed by atoms with Gasteiger partial charge in [-0.3, -0.25) is 4.79 Å². The van der Waals surface area contributed by atoms with E-state index in [1.165, 1.54) is 12.1 Å². The van der Waals surface area contributed by atoms with Crippen molar-refractivity contribution in [2.75, 3.05) is 6.26 Å². The minimum atomic E-state index is -3.55. The van der Waals surface area contributed by atoms with Crippen LogP contribution in [0.3, 0.4) is 0 Å². The average molecular weight is 267 g/mol. The van der Waals surface area contributed by atoms with Crippen LogP contribution in [-0.4, -0.2) is 19.2 Å². The quantitative estimate of drug-likeness (QED) is 0.478. The molecule has 0 unspecified atom stereocenters. The van der Waals surface area contributed by atoms with E-state index < -0.39 is 14.7 Å². The number of carbonyl (C=O) groups excluding carboxylic acids is 1. The second-order valence-corrected chi connectivity index (χ2v) is 5.79. The standard InChI is InChI=1S/C8H7ClO4S2/c1-15(11,12)13-6-3-2-4-7(5-6)14-8(9)10/h2-5H,1H3. The molecule has 7 heteroatoms. The van der Waals surface area contributed by atoms with Crippen LogP contribution in [0.15, 0.2) is 29.2 Å². The van der Waals surface area contributed by atoms with E-state index in [0.29, 0.717) is 4.90 Å². The Kier molecular flexibility index (Phi) is 4.01. The summed E-state index contributed by atoms with van der Waals surface area (Å²) in [7, 11) is -3.55. The van der Waals surface area contributed by atoms with Gasteiger partial charge in [0.1, 0.15) is 5.75 Å². The average Bonchev–Trinajstić information content (AvgIpc) is 1.99. The summed E-state index contributed by atoms with van der Waals surface area (Å²) in [6.07, 6.45) is 0.944. The third-order valence-corrected chi connectivity index (χ3v) is 2.63. The topological polar surface area (TPSA) is 60.4 Å². The van der Waals surface area contributed by atoms with Gasteiger partial charge in [0.2, 0.25) is 0 Å². The van der Waals surface area contributed by atoms with Crippen molar-refractivity contribution in [3.63, 3.8) is 0 Å². The maximum Gasteiger partial charge on any atom is 0.306 e. The molecule has 0 aliphatic rings. The van der Waals surface area contributed by atoms with Gasteiger partial charge in [0, 0.05) is 4.90 Å². The van der Waals surface area contributed by atoms with Gasteiger partial charge >= 0.3 is 10.1 Å². The molecule has 0 aromatic heterocycles. The summed E-state index contributed by atoms with van der Waals surface area (Å²) in [5.41, 5.74) is 0. The number of carbonyl (C=O) groups is 1. The number of thioether (sulfide) groups is 1. The summed E-state index contributed by atoms with van der Waals surface area (Å²) in [4.78, 5) is 11.1. The lowest BCUT2D eigenvalue weighted by Crippen LogP contribution is -2.05. The third kappa shape index (κ3) is 5.06. The normalized spacial score (nSPS) is 11.1. The molecule has 0 atom stereocenters. The summed E-state index contributed by atoms with van der Waals surface area (Å²) in [5.74, 6) is 0.153. The molecule has 0 fully saturated rings. The fraction of sp³-hybridized carbons (Fsp3) is 0.125. The van der Waals surface area contributed by atoms with Crippen molar-refractivity contribution in [3.8, 4) is 5.75 Å². The molecule has 0 radical (unpaired) electrons. The molecule has 0 saturated carbocycles.